The maximum Gasteiger partial charge on any atom is 0.308 e. The SMILES string of the molecule is C#CC[N+](C)(C)CCCC(=O)OC1OCC(OC(=O)CCC)C(OC(=O)CCC)[C@H]1OC(=O)CCC. The van der Waals surface area contributed by atoms with Crippen LogP contribution < -0.4 is 0 Å². The van der Waals surface area contributed by atoms with Crippen molar-refractivity contribution in [2.75, 3.05) is 33.8 Å². The van der Waals surface area contributed by atoms with Gasteiger partial charge in [0.25, 0.3) is 0 Å². The minimum Gasteiger partial charge on any atom is -0.456 e. The number of carbonyl (C=O) groups excluding carboxylic acids is 4. The Morgan fingerprint density at radius 2 is 1.31 bits per heavy atom. The number of nitrogens with zero attached hydrogens (tertiary/aromatic N) is 1. The maximum absolute atomic E-state index is 12.6. The predicted octanol–water partition coefficient (Wildman–Crippen LogP) is 2.51. The standard InChI is InChI=1S/C26H42NO9/c1-7-12-20(28)33-19-18-32-26(36-23(31)15-11-17-27(5,6)16-10-4)25(35-22(30)14-9-3)24(19)34-21(29)13-8-2/h4,19,24-26H,7-9,11-18H2,1-3,5-6H3/q+1/t19?,24?,25-,26?/m1/s1. The number of quaternary nitrogens is 1. The Bertz CT molecular complexity index is 774. The lowest BCUT2D eigenvalue weighted by molar-refractivity contribution is -0.883. The molecule has 0 saturated carbocycles. The highest BCUT2D eigenvalue weighted by molar-refractivity contribution is 5.72. The van der Waals surface area contributed by atoms with E-state index >= 15 is 0 Å². The van der Waals surface area contributed by atoms with Crippen molar-refractivity contribution in [1.82, 2.24) is 0 Å². The van der Waals surface area contributed by atoms with Crippen molar-refractivity contribution in [1.29, 1.82) is 0 Å². The van der Waals surface area contributed by atoms with Crippen LogP contribution in [0.4, 0.5) is 0 Å². The van der Waals surface area contributed by atoms with Crippen LogP contribution in [0.25, 0.3) is 0 Å². The van der Waals surface area contributed by atoms with E-state index in [1.165, 1.54) is 0 Å². The molecule has 0 bridgehead atoms. The van der Waals surface area contributed by atoms with E-state index in [9.17, 15) is 19.2 Å². The Kier molecular flexibility index (Phi) is 14.1. The van der Waals surface area contributed by atoms with Crippen molar-refractivity contribution < 1.29 is 47.3 Å². The second-order valence-corrected chi connectivity index (χ2v) is 9.50. The lowest BCUT2D eigenvalue weighted by Crippen LogP contribution is -2.58. The quantitative estimate of drug-likeness (QED) is 0.141. The van der Waals surface area contributed by atoms with Gasteiger partial charge in [-0.1, -0.05) is 20.8 Å². The Hall–Kier alpha value is -2.64. The van der Waals surface area contributed by atoms with Crippen molar-refractivity contribution >= 4 is 23.9 Å². The molecule has 4 atom stereocenters. The summed E-state index contributed by atoms with van der Waals surface area (Å²) in [6.45, 7) is 6.45. The fourth-order valence-corrected chi connectivity index (χ4v) is 3.64. The molecule has 1 fully saturated rings. The minimum atomic E-state index is -1.31. The second-order valence-electron chi connectivity index (χ2n) is 9.50. The molecule has 0 amide bonds. The number of ether oxygens (including phenoxy) is 5. The first-order valence-corrected chi connectivity index (χ1v) is 12.7. The van der Waals surface area contributed by atoms with Gasteiger partial charge in [0.15, 0.2) is 12.2 Å². The molecule has 1 aliphatic rings. The summed E-state index contributed by atoms with van der Waals surface area (Å²) >= 11 is 0. The molecule has 0 radical (unpaired) electrons. The van der Waals surface area contributed by atoms with Gasteiger partial charge >= 0.3 is 23.9 Å². The van der Waals surface area contributed by atoms with Gasteiger partial charge in [-0.25, -0.2) is 0 Å². The summed E-state index contributed by atoms with van der Waals surface area (Å²) in [5.74, 6) is 0.440. The minimum absolute atomic E-state index is 0.0942. The molecule has 10 nitrogen and oxygen atoms in total. The highest BCUT2D eigenvalue weighted by Gasteiger charge is 2.49. The average Bonchev–Trinajstić information content (AvgIpc) is 2.77. The van der Waals surface area contributed by atoms with Crippen molar-refractivity contribution in [3.8, 4) is 12.3 Å². The van der Waals surface area contributed by atoms with E-state index in [4.69, 9.17) is 30.1 Å². The molecular weight excluding hydrogens is 470 g/mol. The average molecular weight is 513 g/mol. The molecule has 1 saturated heterocycles. The van der Waals surface area contributed by atoms with E-state index in [2.05, 4.69) is 5.92 Å². The molecule has 0 aromatic rings. The summed E-state index contributed by atoms with van der Waals surface area (Å²) in [7, 11) is 3.93. The fourth-order valence-electron chi connectivity index (χ4n) is 3.64. The second kappa shape index (κ2) is 16.2. The van der Waals surface area contributed by atoms with Crippen LogP contribution in [0.5, 0.6) is 0 Å². The van der Waals surface area contributed by atoms with Crippen LogP contribution in [0, 0.1) is 12.3 Å². The zero-order chi connectivity index (χ0) is 27.1. The molecule has 0 aliphatic carbocycles. The van der Waals surface area contributed by atoms with Gasteiger partial charge in [-0.3, -0.25) is 19.2 Å². The van der Waals surface area contributed by atoms with Gasteiger partial charge in [-0.2, -0.15) is 0 Å². The van der Waals surface area contributed by atoms with Crippen LogP contribution in [0.15, 0.2) is 0 Å². The number of hydrogen-bond donors (Lipinski definition) is 0. The summed E-state index contributed by atoms with van der Waals surface area (Å²) in [6.07, 6.45) is 3.25. The Balaban J connectivity index is 3.04. The molecule has 0 aromatic heterocycles. The molecular formula is C26H42NO9+. The van der Waals surface area contributed by atoms with Crippen LogP contribution in [-0.4, -0.2) is 86.8 Å². The van der Waals surface area contributed by atoms with E-state index in [1.54, 1.807) is 0 Å². The van der Waals surface area contributed by atoms with Crippen LogP contribution >= 0.6 is 0 Å². The first-order valence-electron chi connectivity index (χ1n) is 12.7. The first kappa shape index (κ1) is 31.4. The lowest BCUT2D eigenvalue weighted by Gasteiger charge is -2.40. The normalized spacial score (nSPS) is 21.7. The molecule has 36 heavy (non-hydrogen) atoms. The monoisotopic (exact) mass is 512 g/mol. The van der Waals surface area contributed by atoms with Crippen molar-refractivity contribution in [2.45, 2.75) is 96.7 Å². The van der Waals surface area contributed by atoms with Gasteiger partial charge in [-0.15, -0.1) is 6.42 Å². The Labute approximate surface area is 214 Å². The molecule has 0 spiro atoms. The molecule has 3 unspecified atom stereocenters. The van der Waals surface area contributed by atoms with Gasteiger partial charge < -0.3 is 28.2 Å². The van der Waals surface area contributed by atoms with Crippen LogP contribution in [0.2, 0.25) is 0 Å². The third-order valence-corrected chi connectivity index (χ3v) is 5.47. The summed E-state index contributed by atoms with van der Waals surface area (Å²) in [5, 5.41) is 0. The van der Waals surface area contributed by atoms with E-state index in [0.717, 1.165) is 0 Å². The van der Waals surface area contributed by atoms with Crippen molar-refractivity contribution in [3.05, 3.63) is 0 Å². The number of hydrogen-bond acceptors (Lipinski definition) is 9. The van der Waals surface area contributed by atoms with E-state index in [0.29, 0.717) is 43.3 Å². The van der Waals surface area contributed by atoms with Gasteiger partial charge in [-0.05, 0) is 25.2 Å². The molecule has 0 aromatic carbocycles. The van der Waals surface area contributed by atoms with Crippen LogP contribution in [0.1, 0.15) is 72.1 Å². The van der Waals surface area contributed by atoms with Crippen LogP contribution in [0.3, 0.4) is 0 Å². The smallest absolute Gasteiger partial charge is 0.308 e. The first-order chi connectivity index (χ1) is 17.1. The lowest BCUT2D eigenvalue weighted by atomic mass is 10.0. The molecule has 204 valence electrons. The fraction of sp³-hybridized carbons (Fsp3) is 0.769. The van der Waals surface area contributed by atoms with Crippen molar-refractivity contribution in [3.63, 3.8) is 0 Å². The molecule has 0 N–H and O–H groups in total. The largest absolute Gasteiger partial charge is 0.456 e. The Morgan fingerprint density at radius 3 is 1.83 bits per heavy atom. The summed E-state index contributed by atoms with van der Waals surface area (Å²) < 4.78 is 28.4. The van der Waals surface area contributed by atoms with Gasteiger partial charge in [0.2, 0.25) is 12.4 Å². The zero-order valence-corrected chi connectivity index (χ0v) is 22.3. The zero-order valence-electron chi connectivity index (χ0n) is 22.3. The summed E-state index contributed by atoms with van der Waals surface area (Å²) in [6, 6.07) is 0. The molecule has 1 aliphatic heterocycles. The molecule has 1 heterocycles. The predicted molar refractivity (Wildman–Crippen MR) is 130 cm³/mol. The maximum atomic E-state index is 12.6. The molecule has 1 rings (SSSR count). The topological polar surface area (TPSA) is 114 Å². The highest BCUT2D eigenvalue weighted by Crippen LogP contribution is 2.27. The van der Waals surface area contributed by atoms with Crippen LogP contribution in [-0.2, 0) is 42.9 Å². The summed E-state index contributed by atoms with van der Waals surface area (Å²) in [5.41, 5.74) is 0. The number of terminal acetylenes is 1. The number of carbonyl (C=O) groups is 4. The number of esters is 4. The Morgan fingerprint density at radius 1 is 0.806 bits per heavy atom. The summed E-state index contributed by atoms with van der Waals surface area (Å²) in [4.78, 5) is 49.6. The van der Waals surface area contributed by atoms with Gasteiger partial charge in [0.05, 0.1) is 33.7 Å². The number of rotatable bonds is 15. The van der Waals surface area contributed by atoms with E-state index in [-0.39, 0.29) is 32.3 Å². The van der Waals surface area contributed by atoms with E-state index < -0.39 is 48.5 Å². The highest BCUT2D eigenvalue weighted by atomic mass is 16.7. The molecule has 10 heteroatoms. The van der Waals surface area contributed by atoms with Gasteiger partial charge in [0, 0.05) is 25.7 Å². The third kappa shape index (κ3) is 11.4. The van der Waals surface area contributed by atoms with Crippen molar-refractivity contribution in [2.24, 2.45) is 0 Å². The van der Waals surface area contributed by atoms with E-state index in [1.807, 2.05) is 34.9 Å². The third-order valence-electron chi connectivity index (χ3n) is 5.47. The van der Waals surface area contributed by atoms with Gasteiger partial charge in [0.1, 0.15) is 6.54 Å².